The SMILES string of the molecule is Cc1ccc2nc(Cl)c3cc(C(=O)Nc4cnc5ccccc5c4)sc3c2c1. The van der Waals surface area contributed by atoms with Crippen molar-refractivity contribution in [1.82, 2.24) is 9.97 Å². The lowest BCUT2D eigenvalue weighted by atomic mass is 10.1. The summed E-state index contributed by atoms with van der Waals surface area (Å²) in [5.74, 6) is -0.185. The van der Waals surface area contributed by atoms with Gasteiger partial charge in [0, 0.05) is 20.9 Å². The number of thiophene rings is 1. The molecule has 0 bridgehead atoms. The minimum absolute atomic E-state index is 0.185. The summed E-state index contributed by atoms with van der Waals surface area (Å²) < 4.78 is 0.973. The normalized spacial score (nSPS) is 11.4. The van der Waals surface area contributed by atoms with Crippen LogP contribution in [0.4, 0.5) is 5.69 Å². The van der Waals surface area contributed by atoms with Crippen LogP contribution in [-0.4, -0.2) is 15.9 Å². The van der Waals surface area contributed by atoms with Gasteiger partial charge in [-0.25, -0.2) is 4.98 Å². The van der Waals surface area contributed by atoms with Crippen LogP contribution in [0.5, 0.6) is 0 Å². The number of hydrogen-bond acceptors (Lipinski definition) is 4. The van der Waals surface area contributed by atoms with Gasteiger partial charge in [0.05, 0.1) is 27.8 Å². The second kappa shape index (κ2) is 6.55. The third-order valence-electron chi connectivity index (χ3n) is 4.64. The standard InChI is InChI=1S/C22H14ClN3OS/c1-12-6-7-18-15(8-12)20-16(21(23)26-18)10-19(28-20)22(27)25-14-9-13-4-2-3-5-17(13)24-11-14/h2-11H,1H3,(H,25,27). The average Bonchev–Trinajstić information content (AvgIpc) is 3.15. The predicted molar refractivity (Wildman–Crippen MR) is 117 cm³/mol. The summed E-state index contributed by atoms with van der Waals surface area (Å²) in [5.41, 5.74) is 3.52. The summed E-state index contributed by atoms with van der Waals surface area (Å²) in [4.78, 5) is 22.3. The molecule has 5 rings (SSSR count). The number of amides is 1. The highest BCUT2D eigenvalue weighted by atomic mass is 35.5. The number of pyridine rings is 2. The first-order chi connectivity index (χ1) is 13.6. The number of halogens is 1. The van der Waals surface area contributed by atoms with Crippen LogP contribution in [0.15, 0.2) is 60.8 Å². The van der Waals surface area contributed by atoms with Crippen molar-refractivity contribution < 1.29 is 4.79 Å². The Bertz CT molecular complexity index is 1390. The highest BCUT2D eigenvalue weighted by Gasteiger charge is 2.16. The van der Waals surface area contributed by atoms with Crippen LogP contribution < -0.4 is 5.32 Å². The minimum atomic E-state index is -0.185. The van der Waals surface area contributed by atoms with Gasteiger partial charge in [0.15, 0.2) is 0 Å². The average molecular weight is 404 g/mol. The van der Waals surface area contributed by atoms with E-state index in [1.165, 1.54) is 11.3 Å². The fourth-order valence-electron chi connectivity index (χ4n) is 3.28. The summed E-state index contributed by atoms with van der Waals surface area (Å²) in [6, 6.07) is 17.6. The molecule has 5 aromatic rings. The Kier molecular flexibility index (Phi) is 4.00. The smallest absolute Gasteiger partial charge is 0.265 e. The van der Waals surface area contributed by atoms with E-state index in [1.807, 2.05) is 49.4 Å². The van der Waals surface area contributed by atoms with Gasteiger partial charge in [-0.1, -0.05) is 41.4 Å². The largest absolute Gasteiger partial charge is 0.320 e. The molecule has 6 heteroatoms. The first-order valence-electron chi connectivity index (χ1n) is 8.74. The summed E-state index contributed by atoms with van der Waals surface area (Å²) in [7, 11) is 0. The molecule has 0 radical (unpaired) electrons. The maximum Gasteiger partial charge on any atom is 0.265 e. The molecule has 0 unspecified atom stereocenters. The molecule has 4 nitrogen and oxygen atoms in total. The van der Waals surface area contributed by atoms with Crippen LogP contribution in [0.1, 0.15) is 15.2 Å². The molecule has 0 fully saturated rings. The van der Waals surface area contributed by atoms with Gasteiger partial charge in [0.2, 0.25) is 0 Å². The van der Waals surface area contributed by atoms with Crippen molar-refractivity contribution in [2.75, 3.05) is 5.32 Å². The monoisotopic (exact) mass is 403 g/mol. The number of nitrogens with zero attached hydrogens (tertiary/aromatic N) is 2. The molecular weight excluding hydrogens is 390 g/mol. The first kappa shape index (κ1) is 17.1. The molecule has 0 aliphatic rings. The first-order valence-corrected chi connectivity index (χ1v) is 9.93. The van der Waals surface area contributed by atoms with Crippen LogP contribution in [0.25, 0.3) is 31.9 Å². The third-order valence-corrected chi connectivity index (χ3v) is 6.10. The number of rotatable bonds is 2. The zero-order chi connectivity index (χ0) is 19.3. The highest BCUT2D eigenvalue weighted by Crippen LogP contribution is 2.36. The van der Waals surface area contributed by atoms with Crippen molar-refractivity contribution in [1.29, 1.82) is 0 Å². The molecule has 0 atom stereocenters. The van der Waals surface area contributed by atoms with Crippen LogP contribution in [0.3, 0.4) is 0 Å². The second-order valence-electron chi connectivity index (χ2n) is 6.65. The lowest BCUT2D eigenvalue weighted by molar-refractivity contribution is 0.103. The van der Waals surface area contributed by atoms with E-state index in [0.29, 0.717) is 15.7 Å². The molecule has 3 heterocycles. The fourth-order valence-corrected chi connectivity index (χ4v) is 4.66. The Morgan fingerprint density at radius 1 is 1.04 bits per heavy atom. The zero-order valence-corrected chi connectivity index (χ0v) is 16.4. The molecular formula is C22H14ClN3OS. The predicted octanol–water partition coefficient (Wildman–Crippen LogP) is 6.21. The highest BCUT2D eigenvalue weighted by molar-refractivity contribution is 7.22. The Morgan fingerprint density at radius 2 is 1.89 bits per heavy atom. The molecule has 0 spiro atoms. The summed E-state index contributed by atoms with van der Waals surface area (Å²) >= 11 is 7.80. The van der Waals surface area contributed by atoms with Crippen molar-refractivity contribution in [2.45, 2.75) is 6.92 Å². The number of hydrogen-bond donors (Lipinski definition) is 1. The minimum Gasteiger partial charge on any atom is -0.320 e. The van der Waals surface area contributed by atoms with Crippen molar-refractivity contribution in [3.8, 4) is 0 Å². The Hall–Kier alpha value is -3.02. The lowest BCUT2D eigenvalue weighted by Crippen LogP contribution is -2.10. The number of aryl methyl sites for hydroxylation is 1. The van der Waals surface area contributed by atoms with Crippen LogP contribution in [0.2, 0.25) is 5.15 Å². The number of carbonyl (C=O) groups excluding carboxylic acids is 1. The van der Waals surface area contributed by atoms with Gasteiger partial charge in [-0.15, -0.1) is 11.3 Å². The van der Waals surface area contributed by atoms with E-state index in [-0.39, 0.29) is 5.91 Å². The molecule has 0 saturated carbocycles. The molecule has 28 heavy (non-hydrogen) atoms. The molecule has 0 aliphatic heterocycles. The number of fused-ring (bicyclic) bond motifs is 4. The van der Waals surface area contributed by atoms with E-state index in [4.69, 9.17) is 11.6 Å². The van der Waals surface area contributed by atoms with Crippen LogP contribution in [0, 0.1) is 6.92 Å². The number of carbonyl (C=O) groups is 1. The van der Waals surface area contributed by atoms with Gasteiger partial charge < -0.3 is 5.32 Å². The van der Waals surface area contributed by atoms with Gasteiger partial charge in [0.25, 0.3) is 5.91 Å². The molecule has 3 aromatic heterocycles. The van der Waals surface area contributed by atoms with E-state index in [1.54, 1.807) is 12.3 Å². The molecule has 0 saturated heterocycles. The fraction of sp³-hybridized carbons (Fsp3) is 0.0455. The summed E-state index contributed by atoms with van der Waals surface area (Å²) in [6.07, 6.45) is 1.67. The molecule has 136 valence electrons. The molecule has 1 amide bonds. The number of aromatic nitrogens is 2. The van der Waals surface area contributed by atoms with Gasteiger partial charge in [0.1, 0.15) is 5.15 Å². The molecule has 0 aliphatic carbocycles. The maximum absolute atomic E-state index is 12.8. The number of para-hydroxylation sites is 1. The quantitative estimate of drug-likeness (QED) is 0.356. The number of benzene rings is 2. The van der Waals surface area contributed by atoms with Gasteiger partial charge in [-0.2, -0.15) is 0 Å². The van der Waals surface area contributed by atoms with Gasteiger partial charge in [-0.3, -0.25) is 9.78 Å². The van der Waals surface area contributed by atoms with Gasteiger partial charge >= 0.3 is 0 Å². The van der Waals surface area contributed by atoms with Crippen molar-refractivity contribution in [3.63, 3.8) is 0 Å². The van der Waals surface area contributed by atoms with Crippen molar-refractivity contribution in [3.05, 3.63) is 76.4 Å². The van der Waals surface area contributed by atoms with E-state index >= 15 is 0 Å². The summed E-state index contributed by atoms with van der Waals surface area (Å²) in [5, 5.41) is 6.13. The Balaban J connectivity index is 1.56. The topological polar surface area (TPSA) is 54.9 Å². The van der Waals surface area contributed by atoms with E-state index in [9.17, 15) is 4.79 Å². The third kappa shape index (κ3) is 2.89. The van der Waals surface area contributed by atoms with Crippen molar-refractivity contribution >= 4 is 66.4 Å². The van der Waals surface area contributed by atoms with E-state index in [0.717, 1.165) is 37.5 Å². The Morgan fingerprint density at radius 3 is 2.79 bits per heavy atom. The van der Waals surface area contributed by atoms with E-state index in [2.05, 4.69) is 21.4 Å². The van der Waals surface area contributed by atoms with E-state index < -0.39 is 0 Å². The van der Waals surface area contributed by atoms with Crippen molar-refractivity contribution in [2.24, 2.45) is 0 Å². The Labute approximate surface area is 169 Å². The zero-order valence-electron chi connectivity index (χ0n) is 14.9. The number of nitrogens with one attached hydrogen (secondary N) is 1. The number of anilines is 1. The maximum atomic E-state index is 12.8. The second-order valence-corrected chi connectivity index (χ2v) is 8.06. The van der Waals surface area contributed by atoms with Gasteiger partial charge in [-0.05, 0) is 37.3 Å². The lowest BCUT2D eigenvalue weighted by Gasteiger charge is -2.04. The summed E-state index contributed by atoms with van der Waals surface area (Å²) in [6.45, 7) is 2.04. The molecule has 2 aromatic carbocycles. The van der Waals surface area contributed by atoms with Crippen LogP contribution >= 0.6 is 22.9 Å². The molecule has 1 N–H and O–H groups in total. The van der Waals surface area contributed by atoms with Crippen LogP contribution in [-0.2, 0) is 0 Å².